The molecule has 72 valence electrons. The molecule has 0 saturated carbocycles. The number of rotatable bonds is 6. The lowest BCUT2D eigenvalue weighted by molar-refractivity contribution is -0.142. The van der Waals surface area contributed by atoms with Gasteiger partial charge in [0.25, 0.3) is 0 Å². The van der Waals surface area contributed by atoms with Crippen LogP contribution >= 0.6 is 0 Å². The van der Waals surface area contributed by atoms with E-state index in [0.29, 0.717) is 0 Å². The lowest BCUT2D eigenvalue weighted by Gasteiger charge is -2.20. The number of carboxylic acids is 1. The maximum atomic E-state index is 10.5. The molecule has 0 bridgehead atoms. The Kier molecular flexibility index (Phi) is 5.72. The zero-order valence-corrected chi connectivity index (χ0v) is 8.21. The molecule has 0 aromatic heterocycles. The van der Waals surface area contributed by atoms with E-state index in [0.717, 1.165) is 13.0 Å². The van der Waals surface area contributed by atoms with Crippen LogP contribution in [0.3, 0.4) is 0 Å². The number of unbranched alkanes of at least 4 members (excludes halogenated alkanes) is 2. The Morgan fingerprint density at radius 3 is 2.50 bits per heavy atom. The number of likely N-dealkylation sites (N-methyl/N-ethyl adjacent to an activating group) is 1. The largest absolute Gasteiger partial charge is 0.480 e. The molecule has 0 aliphatic carbocycles. The number of nitrogens with zero attached hydrogens (tertiary/aromatic N) is 1. The van der Waals surface area contributed by atoms with Crippen molar-refractivity contribution in [2.75, 3.05) is 13.6 Å². The molecule has 0 aliphatic rings. The van der Waals surface area contributed by atoms with Crippen molar-refractivity contribution in [2.45, 2.75) is 39.2 Å². The molecule has 0 aromatic carbocycles. The van der Waals surface area contributed by atoms with Gasteiger partial charge < -0.3 is 5.11 Å². The second-order valence-corrected chi connectivity index (χ2v) is 3.20. The minimum absolute atomic E-state index is 0.359. The molecule has 12 heavy (non-hydrogen) atoms. The SMILES string of the molecule is CCCCCN(C)[C@@H](C)C(=O)O. The topological polar surface area (TPSA) is 40.5 Å². The molecule has 0 aliphatic heterocycles. The first kappa shape index (κ1) is 11.4. The van der Waals surface area contributed by atoms with Crippen molar-refractivity contribution in [3.8, 4) is 0 Å². The fraction of sp³-hybridized carbons (Fsp3) is 0.889. The summed E-state index contributed by atoms with van der Waals surface area (Å²) >= 11 is 0. The van der Waals surface area contributed by atoms with Crippen LogP contribution in [0, 0.1) is 0 Å². The van der Waals surface area contributed by atoms with Crippen LogP contribution in [-0.4, -0.2) is 35.6 Å². The Balaban J connectivity index is 3.56. The highest BCUT2D eigenvalue weighted by molar-refractivity contribution is 5.72. The summed E-state index contributed by atoms with van der Waals surface area (Å²) in [4.78, 5) is 12.4. The molecule has 0 aromatic rings. The molecule has 0 heterocycles. The van der Waals surface area contributed by atoms with Crippen molar-refractivity contribution in [1.82, 2.24) is 4.90 Å². The third kappa shape index (κ3) is 4.34. The van der Waals surface area contributed by atoms with E-state index in [2.05, 4.69) is 6.92 Å². The van der Waals surface area contributed by atoms with Gasteiger partial charge in [0.2, 0.25) is 0 Å². The van der Waals surface area contributed by atoms with Gasteiger partial charge in [-0.2, -0.15) is 0 Å². The highest BCUT2D eigenvalue weighted by Crippen LogP contribution is 2.00. The lowest BCUT2D eigenvalue weighted by Crippen LogP contribution is -2.36. The average molecular weight is 173 g/mol. The highest BCUT2D eigenvalue weighted by atomic mass is 16.4. The summed E-state index contributed by atoms with van der Waals surface area (Å²) in [5.41, 5.74) is 0. The fourth-order valence-electron chi connectivity index (χ4n) is 0.993. The Morgan fingerprint density at radius 2 is 2.08 bits per heavy atom. The summed E-state index contributed by atoms with van der Waals surface area (Å²) in [6, 6.07) is -0.359. The van der Waals surface area contributed by atoms with E-state index in [1.54, 1.807) is 6.92 Å². The number of carbonyl (C=O) groups is 1. The van der Waals surface area contributed by atoms with E-state index in [4.69, 9.17) is 5.11 Å². The van der Waals surface area contributed by atoms with Gasteiger partial charge in [0.15, 0.2) is 0 Å². The van der Waals surface area contributed by atoms with E-state index in [1.165, 1.54) is 12.8 Å². The molecule has 0 spiro atoms. The normalized spacial score (nSPS) is 13.3. The molecular formula is C9H19NO2. The summed E-state index contributed by atoms with van der Waals surface area (Å²) < 4.78 is 0. The molecule has 0 fully saturated rings. The van der Waals surface area contributed by atoms with Crippen LogP contribution in [0.5, 0.6) is 0 Å². The van der Waals surface area contributed by atoms with Gasteiger partial charge in [-0.15, -0.1) is 0 Å². The van der Waals surface area contributed by atoms with E-state index in [1.807, 2.05) is 11.9 Å². The summed E-state index contributed by atoms with van der Waals surface area (Å²) in [5.74, 6) is -0.742. The van der Waals surface area contributed by atoms with Crippen LogP contribution in [0.2, 0.25) is 0 Å². The van der Waals surface area contributed by atoms with Crippen molar-refractivity contribution >= 4 is 5.97 Å². The molecule has 3 heteroatoms. The summed E-state index contributed by atoms with van der Waals surface area (Å²) in [6.07, 6.45) is 3.44. The Morgan fingerprint density at radius 1 is 1.50 bits per heavy atom. The lowest BCUT2D eigenvalue weighted by atomic mass is 10.2. The van der Waals surface area contributed by atoms with Gasteiger partial charge in [0.1, 0.15) is 6.04 Å². The highest BCUT2D eigenvalue weighted by Gasteiger charge is 2.15. The first-order chi connectivity index (χ1) is 5.59. The van der Waals surface area contributed by atoms with Crippen LogP contribution in [0.4, 0.5) is 0 Å². The Bertz CT molecular complexity index is 136. The number of hydrogen-bond donors (Lipinski definition) is 1. The molecule has 3 nitrogen and oxygen atoms in total. The maximum absolute atomic E-state index is 10.5. The zero-order valence-electron chi connectivity index (χ0n) is 8.21. The van der Waals surface area contributed by atoms with Crippen molar-refractivity contribution in [3.63, 3.8) is 0 Å². The molecule has 0 unspecified atom stereocenters. The van der Waals surface area contributed by atoms with E-state index in [9.17, 15) is 4.79 Å². The van der Waals surface area contributed by atoms with Crippen molar-refractivity contribution in [3.05, 3.63) is 0 Å². The molecule has 0 saturated heterocycles. The second-order valence-electron chi connectivity index (χ2n) is 3.20. The first-order valence-corrected chi connectivity index (χ1v) is 4.52. The number of aliphatic carboxylic acids is 1. The molecule has 1 N–H and O–H groups in total. The molecule has 0 radical (unpaired) electrons. The molecule has 0 amide bonds. The maximum Gasteiger partial charge on any atom is 0.320 e. The van der Waals surface area contributed by atoms with Crippen LogP contribution in [0.25, 0.3) is 0 Å². The van der Waals surface area contributed by atoms with Gasteiger partial charge >= 0.3 is 5.97 Å². The van der Waals surface area contributed by atoms with Crippen molar-refractivity contribution < 1.29 is 9.90 Å². The summed E-state index contributed by atoms with van der Waals surface area (Å²) in [5, 5.41) is 8.67. The van der Waals surface area contributed by atoms with Gasteiger partial charge in [-0.1, -0.05) is 19.8 Å². The Hall–Kier alpha value is -0.570. The quantitative estimate of drug-likeness (QED) is 0.620. The third-order valence-electron chi connectivity index (χ3n) is 2.13. The van der Waals surface area contributed by atoms with Gasteiger partial charge in [-0.3, -0.25) is 9.69 Å². The minimum atomic E-state index is -0.742. The second kappa shape index (κ2) is 6.00. The minimum Gasteiger partial charge on any atom is -0.480 e. The van der Waals surface area contributed by atoms with Gasteiger partial charge in [0, 0.05) is 0 Å². The molecular weight excluding hydrogens is 154 g/mol. The van der Waals surface area contributed by atoms with E-state index in [-0.39, 0.29) is 6.04 Å². The van der Waals surface area contributed by atoms with E-state index >= 15 is 0 Å². The molecule has 1 atom stereocenters. The van der Waals surface area contributed by atoms with Gasteiger partial charge in [-0.05, 0) is 26.9 Å². The predicted octanol–water partition coefficient (Wildman–Crippen LogP) is 1.58. The number of hydrogen-bond acceptors (Lipinski definition) is 2. The van der Waals surface area contributed by atoms with Gasteiger partial charge in [0.05, 0.1) is 0 Å². The average Bonchev–Trinajstić information content (AvgIpc) is 2.03. The van der Waals surface area contributed by atoms with Crippen LogP contribution in [0.15, 0.2) is 0 Å². The standard InChI is InChI=1S/C9H19NO2/c1-4-5-6-7-10(3)8(2)9(11)12/h8H,4-7H2,1-3H3,(H,11,12)/t8-/m0/s1. The van der Waals surface area contributed by atoms with Crippen LogP contribution in [-0.2, 0) is 4.79 Å². The monoisotopic (exact) mass is 173 g/mol. The summed E-state index contributed by atoms with van der Waals surface area (Å²) in [6.45, 7) is 4.73. The van der Waals surface area contributed by atoms with Gasteiger partial charge in [-0.25, -0.2) is 0 Å². The van der Waals surface area contributed by atoms with Crippen molar-refractivity contribution in [1.29, 1.82) is 0 Å². The van der Waals surface area contributed by atoms with E-state index < -0.39 is 5.97 Å². The predicted molar refractivity (Wildman–Crippen MR) is 49.3 cm³/mol. The van der Waals surface area contributed by atoms with Crippen LogP contribution < -0.4 is 0 Å². The smallest absolute Gasteiger partial charge is 0.320 e. The number of carboxylic acid groups (broad SMARTS) is 1. The molecule has 0 rings (SSSR count). The third-order valence-corrected chi connectivity index (χ3v) is 2.13. The first-order valence-electron chi connectivity index (χ1n) is 4.52. The fourth-order valence-corrected chi connectivity index (χ4v) is 0.993. The van der Waals surface area contributed by atoms with Crippen molar-refractivity contribution in [2.24, 2.45) is 0 Å². The summed E-state index contributed by atoms with van der Waals surface area (Å²) in [7, 11) is 1.86. The zero-order chi connectivity index (χ0) is 9.56. The van der Waals surface area contributed by atoms with Crippen LogP contribution in [0.1, 0.15) is 33.1 Å². The Labute approximate surface area is 74.4 Å².